The third-order valence-electron chi connectivity index (χ3n) is 4.84. The normalized spacial score (nSPS) is 22.6. The first kappa shape index (κ1) is 14.8. The number of imidazole rings is 1. The monoisotopic (exact) mass is 318 g/mol. The molecule has 0 aromatic carbocycles. The van der Waals surface area contributed by atoms with Crippen LogP contribution in [0.25, 0.3) is 0 Å². The van der Waals surface area contributed by atoms with Gasteiger partial charge in [0, 0.05) is 45.0 Å². The maximum absolute atomic E-state index is 13.3. The van der Waals surface area contributed by atoms with Gasteiger partial charge in [0.05, 0.1) is 30.0 Å². The van der Waals surface area contributed by atoms with Gasteiger partial charge >= 0.3 is 0 Å². The fourth-order valence-corrected chi connectivity index (χ4v) is 3.51. The van der Waals surface area contributed by atoms with Crippen molar-refractivity contribution in [2.24, 2.45) is 0 Å². The highest BCUT2D eigenvalue weighted by Crippen LogP contribution is 2.19. The number of likely N-dealkylation sites (tertiary alicyclic amines) is 1. The Bertz CT molecular complexity index is 678. The molecule has 2 aromatic rings. The van der Waals surface area contributed by atoms with E-state index in [4.69, 9.17) is 5.10 Å². The molecule has 1 atom stereocenters. The average Bonchev–Trinajstić information content (AvgIpc) is 3.21. The van der Waals surface area contributed by atoms with Crippen molar-refractivity contribution in [2.45, 2.75) is 45.7 Å². The minimum absolute atomic E-state index is 0.548. The van der Waals surface area contributed by atoms with E-state index < -0.39 is 6.17 Å². The summed E-state index contributed by atoms with van der Waals surface area (Å²) < 4.78 is 15.4. The summed E-state index contributed by atoms with van der Waals surface area (Å²) in [7, 11) is 0. The summed E-state index contributed by atoms with van der Waals surface area (Å²) in [6.45, 7) is 7.86. The molecule has 4 heterocycles. The molecule has 0 amide bonds. The Morgan fingerprint density at radius 1 is 1.26 bits per heavy atom. The molecular formula is C16H23FN6. The Labute approximate surface area is 135 Å². The van der Waals surface area contributed by atoms with Crippen molar-refractivity contribution in [1.29, 1.82) is 0 Å². The van der Waals surface area contributed by atoms with Crippen LogP contribution in [0.3, 0.4) is 0 Å². The second-order valence-corrected chi connectivity index (χ2v) is 6.66. The van der Waals surface area contributed by atoms with Gasteiger partial charge in [-0.2, -0.15) is 5.10 Å². The summed E-state index contributed by atoms with van der Waals surface area (Å²) in [5, 5.41) is 4.69. The van der Waals surface area contributed by atoms with Crippen LogP contribution in [0.1, 0.15) is 29.2 Å². The van der Waals surface area contributed by atoms with Gasteiger partial charge in [-0.1, -0.05) is 0 Å². The lowest BCUT2D eigenvalue weighted by atomic mass is 10.2. The zero-order valence-electron chi connectivity index (χ0n) is 13.5. The van der Waals surface area contributed by atoms with Crippen LogP contribution in [-0.4, -0.2) is 55.4 Å². The van der Waals surface area contributed by atoms with E-state index in [1.807, 2.05) is 0 Å². The molecule has 23 heavy (non-hydrogen) atoms. The molecule has 2 aromatic heterocycles. The highest BCUT2D eigenvalue weighted by Gasteiger charge is 2.24. The van der Waals surface area contributed by atoms with Crippen LogP contribution in [0.4, 0.5) is 4.39 Å². The first-order valence-corrected chi connectivity index (χ1v) is 8.30. The second-order valence-electron chi connectivity index (χ2n) is 6.66. The highest BCUT2D eigenvalue weighted by atomic mass is 19.1. The van der Waals surface area contributed by atoms with Crippen LogP contribution < -0.4 is 0 Å². The highest BCUT2D eigenvalue weighted by molar-refractivity contribution is 5.14. The molecule has 4 rings (SSSR count). The van der Waals surface area contributed by atoms with Crippen molar-refractivity contribution in [3.05, 3.63) is 35.2 Å². The number of rotatable bonds is 4. The number of alkyl halides is 1. The van der Waals surface area contributed by atoms with Gasteiger partial charge in [-0.15, -0.1) is 0 Å². The molecule has 0 radical (unpaired) electrons. The van der Waals surface area contributed by atoms with Gasteiger partial charge in [0.15, 0.2) is 0 Å². The molecule has 0 saturated carbocycles. The van der Waals surface area contributed by atoms with Gasteiger partial charge < -0.3 is 4.98 Å². The van der Waals surface area contributed by atoms with Crippen LogP contribution in [0.2, 0.25) is 0 Å². The minimum atomic E-state index is -0.667. The number of halogens is 1. The summed E-state index contributed by atoms with van der Waals surface area (Å²) in [5.41, 5.74) is 4.56. The Morgan fingerprint density at radius 3 is 2.91 bits per heavy atom. The largest absolute Gasteiger partial charge is 0.348 e. The quantitative estimate of drug-likeness (QED) is 0.928. The van der Waals surface area contributed by atoms with Crippen molar-refractivity contribution in [2.75, 3.05) is 19.6 Å². The van der Waals surface area contributed by atoms with E-state index in [1.54, 1.807) is 6.33 Å². The van der Waals surface area contributed by atoms with Gasteiger partial charge in [-0.05, 0) is 19.4 Å². The number of hydrogen-bond donors (Lipinski definition) is 1. The molecule has 1 N–H and O–H groups in total. The lowest BCUT2D eigenvalue weighted by molar-refractivity contribution is 0.202. The summed E-state index contributed by atoms with van der Waals surface area (Å²) in [5.74, 6) is 0. The fourth-order valence-electron chi connectivity index (χ4n) is 3.51. The molecule has 2 aliphatic rings. The Kier molecular flexibility index (Phi) is 3.90. The lowest BCUT2D eigenvalue weighted by Crippen LogP contribution is -2.33. The zero-order chi connectivity index (χ0) is 15.8. The van der Waals surface area contributed by atoms with Crippen molar-refractivity contribution >= 4 is 0 Å². The topological polar surface area (TPSA) is 53.0 Å². The van der Waals surface area contributed by atoms with Crippen molar-refractivity contribution in [1.82, 2.24) is 29.5 Å². The number of aromatic nitrogens is 4. The number of aryl methyl sites for hydroxylation is 1. The average molecular weight is 318 g/mol. The van der Waals surface area contributed by atoms with Crippen LogP contribution >= 0.6 is 0 Å². The predicted molar refractivity (Wildman–Crippen MR) is 84.5 cm³/mol. The second kappa shape index (κ2) is 6.05. The SMILES string of the molecule is Cc1[nH]cnc1CN1CCn2nc(CN3CC[C@H](F)C3)cc2C1. The lowest BCUT2D eigenvalue weighted by Gasteiger charge is -2.26. The van der Waals surface area contributed by atoms with Gasteiger partial charge in [-0.25, -0.2) is 9.37 Å². The fraction of sp³-hybridized carbons (Fsp3) is 0.625. The maximum atomic E-state index is 13.3. The van der Waals surface area contributed by atoms with Gasteiger partial charge in [0.25, 0.3) is 0 Å². The Balaban J connectivity index is 1.40. The zero-order valence-corrected chi connectivity index (χ0v) is 13.5. The molecule has 0 bridgehead atoms. The Morgan fingerprint density at radius 2 is 2.17 bits per heavy atom. The summed E-state index contributed by atoms with van der Waals surface area (Å²) in [6.07, 6.45) is 1.75. The first-order chi connectivity index (χ1) is 11.2. The smallest absolute Gasteiger partial charge is 0.114 e. The third-order valence-corrected chi connectivity index (χ3v) is 4.84. The van der Waals surface area contributed by atoms with E-state index in [0.717, 1.165) is 56.4 Å². The van der Waals surface area contributed by atoms with Crippen LogP contribution in [-0.2, 0) is 26.2 Å². The van der Waals surface area contributed by atoms with E-state index in [1.165, 1.54) is 5.69 Å². The number of aromatic amines is 1. The van der Waals surface area contributed by atoms with Crippen LogP contribution in [0.15, 0.2) is 12.4 Å². The summed E-state index contributed by atoms with van der Waals surface area (Å²) in [4.78, 5) is 12.1. The van der Waals surface area contributed by atoms with Gasteiger partial charge in [0.2, 0.25) is 0 Å². The Hall–Kier alpha value is -1.73. The molecular weight excluding hydrogens is 295 g/mol. The number of H-pyrrole nitrogens is 1. The molecule has 1 saturated heterocycles. The minimum Gasteiger partial charge on any atom is -0.348 e. The predicted octanol–water partition coefficient (Wildman–Crippen LogP) is 1.47. The van der Waals surface area contributed by atoms with Crippen molar-refractivity contribution in [3.63, 3.8) is 0 Å². The number of hydrogen-bond acceptors (Lipinski definition) is 4. The van der Waals surface area contributed by atoms with Crippen molar-refractivity contribution < 1.29 is 4.39 Å². The van der Waals surface area contributed by atoms with Gasteiger partial charge in [-0.3, -0.25) is 14.5 Å². The number of fused-ring (bicyclic) bond motifs is 1. The van der Waals surface area contributed by atoms with E-state index in [-0.39, 0.29) is 0 Å². The molecule has 1 fully saturated rings. The standard InChI is InChI=1S/C16H23FN6/c1-12-16(19-11-18-12)10-22-4-5-23-15(9-22)6-14(20-23)8-21-3-2-13(17)7-21/h6,11,13H,2-5,7-10H2,1H3,(H,18,19)/t13-/m0/s1. The van der Waals surface area contributed by atoms with E-state index in [9.17, 15) is 4.39 Å². The molecule has 2 aliphatic heterocycles. The maximum Gasteiger partial charge on any atom is 0.114 e. The van der Waals surface area contributed by atoms with E-state index >= 15 is 0 Å². The number of nitrogens with one attached hydrogen (secondary N) is 1. The molecule has 0 spiro atoms. The summed E-state index contributed by atoms with van der Waals surface area (Å²) >= 11 is 0. The molecule has 0 aliphatic carbocycles. The molecule has 124 valence electrons. The van der Waals surface area contributed by atoms with Crippen LogP contribution in [0, 0.1) is 6.92 Å². The first-order valence-electron chi connectivity index (χ1n) is 8.30. The molecule has 7 heteroatoms. The van der Waals surface area contributed by atoms with Crippen molar-refractivity contribution in [3.8, 4) is 0 Å². The van der Waals surface area contributed by atoms with E-state index in [0.29, 0.717) is 13.0 Å². The summed E-state index contributed by atoms with van der Waals surface area (Å²) in [6, 6.07) is 2.18. The molecule has 6 nitrogen and oxygen atoms in total. The van der Waals surface area contributed by atoms with Gasteiger partial charge in [0.1, 0.15) is 6.17 Å². The number of nitrogens with zero attached hydrogens (tertiary/aromatic N) is 5. The molecule has 0 unspecified atom stereocenters. The van der Waals surface area contributed by atoms with E-state index in [2.05, 4.69) is 37.4 Å². The third kappa shape index (κ3) is 3.16. The van der Waals surface area contributed by atoms with Crippen LogP contribution in [0.5, 0.6) is 0 Å².